The van der Waals surface area contributed by atoms with E-state index in [1.54, 1.807) is 6.07 Å². The lowest BCUT2D eigenvalue weighted by atomic mass is 9.63. The Bertz CT molecular complexity index is 1110. The van der Waals surface area contributed by atoms with Crippen molar-refractivity contribution in [2.24, 2.45) is 23.7 Å². The number of methoxy groups -OCH3 is 1. The van der Waals surface area contributed by atoms with Crippen molar-refractivity contribution in [2.75, 3.05) is 7.11 Å². The second-order valence-electron chi connectivity index (χ2n) is 9.45. The van der Waals surface area contributed by atoms with E-state index in [1.807, 2.05) is 46.2 Å². The molecule has 3 fully saturated rings. The molecule has 2 aliphatic heterocycles. The molecule has 2 aromatic rings. The topological polar surface area (TPSA) is 96.3 Å². The SMILES string of the molecule is CCC[C@H]1C[C@@H]2C(=O)N(Cc3cccs3)C(=O)[C@@H]2[C@@H]2C[C@@H](c3cc(I)c(O)c(OC)c3)O[C@]12O. The average Bonchev–Trinajstić information content (AvgIpc) is 3.51. The Balaban J connectivity index is 1.49. The molecule has 0 unspecified atom stereocenters. The number of rotatable bonds is 6. The normalized spacial score (nSPS) is 32.7. The summed E-state index contributed by atoms with van der Waals surface area (Å²) in [4.78, 5) is 29.3. The summed E-state index contributed by atoms with van der Waals surface area (Å²) < 4.78 is 12.3. The van der Waals surface area contributed by atoms with E-state index in [1.165, 1.54) is 23.3 Å². The number of imide groups is 1. The molecule has 5 rings (SSSR count). The van der Waals surface area contributed by atoms with Crippen molar-refractivity contribution in [1.29, 1.82) is 0 Å². The van der Waals surface area contributed by atoms with Gasteiger partial charge in [-0.25, -0.2) is 0 Å². The maximum absolute atomic E-state index is 13.6. The van der Waals surface area contributed by atoms with E-state index in [9.17, 15) is 19.8 Å². The van der Waals surface area contributed by atoms with Crippen molar-refractivity contribution in [3.8, 4) is 11.5 Å². The minimum atomic E-state index is -1.48. The fourth-order valence-electron chi connectivity index (χ4n) is 6.08. The predicted molar refractivity (Wildman–Crippen MR) is 134 cm³/mol. The molecule has 6 atom stereocenters. The zero-order valence-electron chi connectivity index (χ0n) is 19.1. The van der Waals surface area contributed by atoms with Crippen LogP contribution < -0.4 is 4.74 Å². The number of aromatic hydroxyl groups is 1. The third-order valence-corrected chi connectivity index (χ3v) is 9.31. The standard InChI is InChI=1S/C25H28INO6S/c1-3-5-14-10-16-21(24(30)27(23(16)29)12-15-6-4-7-34-15)17-11-19(33-25(14,17)31)13-8-18(26)22(28)20(9-13)32-2/h4,6-9,14,16-17,19,21,28,31H,3,5,10-12H2,1-2H3/t14-,16-,17-,19-,21-,25+/m0/s1. The van der Waals surface area contributed by atoms with Crippen LogP contribution in [0.25, 0.3) is 0 Å². The first-order chi connectivity index (χ1) is 16.3. The van der Waals surface area contributed by atoms with Crippen LogP contribution in [0.15, 0.2) is 29.6 Å². The molecule has 182 valence electrons. The number of fused-ring (bicyclic) bond motifs is 3. The first-order valence-electron chi connectivity index (χ1n) is 11.6. The Morgan fingerprint density at radius 1 is 1.29 bits per heavy atom. The van der Waals surface area contributed by atoms with Gasteiger partial charge in [-0.1, -0.05) is 19.4 Å². The van der Waals surface area contributed by atoms with E-state index in [-0.39, 0.29) is 30.0 Å². The zero-order valence-corrected chi connectivity index (χ0v) is 22.0. The second-order valence-corrected chi connectivity index (χ2v) is 11.6. The smallest absolute Gasteiger partial charge is 0.233 e. The Labute approximate surface area is 216 Å². The summed E-state index contributed by atoms with van der Waals surface area (Å²) in [6.45, 7) is 2.33. The predicted octanol–water partition coefficient (Wildman–Crippen LogP) is 4.45. The Morgan fingerprint density at radius 3 is 2.76 bits per heavy atom. The summed E-state index contributed by atoms with van der Waals surface area (Å²) in [6.07, 6.45) is 1.96. The van der Waals surface area contributed by atoms with Gasteiger partial charge in [-0.3, -0.25) is 14.5 Å². The van der Waals surface area contributed by atoms with Crippen molar-refractivity contribution in [1.82, 2.24) is 4.90 Å². The summed E-state index contributed by atoms with van der Waals surface area (Å²) >= 11 is 3.56. The van der Waals surface area contributed by atoms with Gasteiger partial charge in [0.1, 0.15) is 0 Å². The number of phenolic OH excluding ortho intramolecular Hbond substituents is 1. The summed E-state index contributed by atoms with van der Waals surface area (Å²) in [6, 6.07) is 7.38. The third-order valence-electron chi connectivity index (χ3n) is 7.63. The van der Waals surface area contributed by atoms with Gasteiger partial charge in [0.25, 0.3) is 0 Å². The summed E-state index contributed by atoms with van der Waals surface area (Å²) in [5, 5.41) is 24.1. The van der Waals surface area contributed by atoms with Gasteiger partial charge in [0.15, 0.2) is 17.3 Å². The monoisotopic (exact) mass is 597 g/mol. The van der Waals surface area contributed by atoms with Crippen molar-refractivity contribution < 1.29 is 29.3 Å². The van der Waals surface area contributed by atoms with Crippen molar-refractivity contribution in [2.45, 2.75) is 51.0 Å². The summed E-state index contributed by atoms with van der Waals surface area (Å²) in [5.41, 5.74) is 0.779. The number of amides is 2. The molecule has 3 aliphatic rings. The Hall–Kier alpha value is -1.69. The van der Waals surface area contributed by atoms with Crippen LogP contribution in [0.4, 0.5) is 0 Å². The Morgan fingerprint density at radius 2 is 2.09 bits per heavy atom. The highest BCUT2D eigenvalue weighted by molar-refractivity contribution is 14.1. The minimum Gasteiger partial charge on any atom is -0.504 e. The van der Waals surface area contributed by atoms with Gasteiger partial charge in [-0.2, -0.15) is 0 Å². The van der Waals surface area contributed by atoms with Crippen LogP contribution >= 0.6 is 33.9 Å². The first-order valence-corrected chi connectivity index (χ1v) is 13.6. The number of aliphatic hydroxyl groups is 1. The van der Waals surface area contributed by atoms with E-state index in [0.717, 1.165) is 16.9 Å². The lowest BCUT2D eigenvalue weighted by Gasteiger charge is -2.44. The lowest BCUT2D eigenvalue weighted by molar-refractivity contribution is -0.270. The molecule has 0 spiro atoms. The zero-order chi connectivity index (χ0) is 24.2. The van der Waals surface area contributed by atoms with Crippen LogP contribution in [-0.2, 0) is 20.9 Å². The number of thiophene rings is 1. The van der Waals surface area contributed by atoms with Gasteiger partial charge in [-0.05, 0) is 71.0 Å². The summed E-state index contributed by atoms with van der Waals surface area (Å²) in [5.74, 6) is -3.14. The fraction of sp³-hybridized carbons (Fsp3) is 0.520. The van der Waals surface area contributed by atoms with Gasteiger partial charge < -0.3 is 19.7 Å². The molecule has 1 saturated carbocycles. The number of halogens is 1. The van der Waals surface area contributed by atoms with E-state index in [2.05, 4.69) is 6.92 Å². The van der Waals surface area contributed by atoms with Gasteiger partial charge >= 0.3 is 0 Å². The highest BCUT2D eigenvalue weighted by atomic mass is 127. The van der Waals surface area contributed by atoms with Crippen molar-refractivity contribution in [3.63, 3.8) is 0 Å². The van der Waals surface area contributed by atoms with Crippen LogP contribution in [0.2, 0.25) is 0 Å². The molecule has 2 saturated heterocycles. The number of carbonyl (C=O) groups is 2. The fourth-order valence-corrected chi connectivity index (χ4v) is 7.40. The average molecular weight is 597 g/mol. The molecule has 2 N–H and O–H groups in total. The third kappa shape index (κ3) is 3.75. The van der Waals surface area contributed by atoms with Crippen molar-refractivity contribution >= 4 is 45.7 Å². The van der Waals surface area contributed by atoms with Crippen LogP contribution in [0.3, 0.4) is 0 Å². The molecular formula is C25H28INO6S. The molecule has 1 aromatic heterocycles. The van der Waals surface area contributed by atoms with E-state index in [4.69, 9.17) is 9.47 Å². The van der Waals surface area contributed by atoms with Crippen LogP contribution in [0.1, 0.15) is 49.2 Å². The number of hydrogen-bond acceptors (Lipinski definition) is 7. The molecule has 7 nitrogen and oxygen atoms in total. The van der Waals surface area contributed by atoms with Crippen LogP contribution in [-0.4, -0.2) is 39.8 Å². The molecule has 1 aliphatic carbocycles. The van der Waals surface area contributed by atoms with Gasteiger partial charge in [0.05, 0.1) is 35.2 Å². The molecular weight excluding hydrogens is 569 g/mol. The van der Waals surface area contributed by atoms with Gasteiger partial charge in [0.2, 0.25) is 11.8 Å². The number of carbonyl (C=O) groups excluding carboxylic acids is 2. The largest absolute Gasteiger partial charge is 0.504 e. The minimum absolute atomic E-state index is 0.0608. The molecule has 1 aromatic carbocycles. The van der Waals surface area contributed by atoms with E-state index >= 15 is 0 Å². The Kier molecular flexibility index (Phi) is 6.41. The van der Waals surface area contributed by atoms with Gasteiger partial charge in [-0.15, -0.1) is 11.3 Å². The van der Waals surface area contributed by atoms with Crippen molar-refractivity contribution in [3.05, 3.63) is 43.7 Å². The quantitative estimate of drug-likeness (QED) is 0.378. The molecule has 0 radical (unpaired) electrons. The number of nitrogens with zero attached hydrogens (tertiary/aromatic N) is 1. The number of hydrogen-bond donors (Lipinski definition) is 2. The summed E-state index contributed by atoms with van der Waals surface area (Å²) in [7, 11) is 1.49. The van der Waals surface area contributed by atoms with E-state index in [0.29, 0.717) is 28.6 Å². The van der Waals surface area contributed by atoms with Crippen LogP contribution in [0.5, 0.6) is 11.5 Å². The number of ether oxygens (including phenoxy) is 2. The molecule has 0 bridgehead atoms. The number of phenols is 1. The molecule has 3 heterocycles. The van der Waals surface area contributed by atoms with Crippen LogP contribution in [0, 0.1) is 27.2 Å². The number of benzene rings is 1. The number of likely N-dealkylation sites (tertiary alicyclic amines) is 1. The molecule has 34 heavy (non-hydrogen) atoms. The maximum Gasteiger partial charge on any atom is 0.233 e. The van der Waals surface area contributed by atoms with E-state index < -0.39 is 29.6 Å². The highest BCUT2D eigenvalue weighted by Gasteiger charge is 2.66. The maximum atomic E-state index is 13.6. The van der Waals surface area contributed by atoms with Gasteiger partial charge in [0, 0.05) is 16.7 Å². The first kappa shape index (κ1) is 24.0. The highest BCUT2D eigenvalue weighted by Crippen LogP contribution is 2.59. The molecule has 2 amide bonds. The molecule has 9 heteroatoms. The lowest BCUT2D eigenvalue weighted by Crippen LogP contribution is -2.53. The second kappa shape index (κ2) is 9.07.